The zero-order chi connectivity index (χ0) is 11.8. The summed E-state index contributed by atoms with van der Waals surface area (Å²) in [6.45, 7) is 9.13. The van der Waals surface area contributed by atoms with Gasteiger partial charge in [0.2, 0.25) is 5.91 Å². The molecule has 1 amide bonds. The number of rotatable bonds is 7. The van der Waals surface area contributed by atoms with E-state index in [1.807, 2.05) is 13.8 Å². The third-order valence-electron chi connectivity index (χ3n) is 2.31. The van der Waals surface area contributed by atoms with E-state index in [0.29, 0.717) is 25.0 Å². The van der Waals surface area contributed by atoms with Gasteiger partial charge in [0, 0.05) is 18.4 Å². The lowest BCUT2D eigenvalue weighted by Crippen LogP contribution is -2.44. The highest BCUT2D eigenvalue weighted by Gasteiger charge is 2.19. The normalized spacial score (nSPS) is 15.1. The van der Waals surface area contributed by atoms with Crippen molar-refractivity contribution < 1.29 is 9.53 Å². The van der Waals surface area contributed by atoms with Crippen molar-refractivity contribution in [2.45, 2.75) is 33.7 Å². The molecule has 4 heteroatoms. The molecule has 15 heavy (non-hydrogen) atoms. The third kappa shape index (κ3) is 6.00. The summed E-state index contributed by atoms with van der Waals surface area (Å²) in [7, 11) is 0. The molecule has 0 fully saturated rings. The van der Waals surface area contributed by atoms with E-state index in [9.17, 15) is 4.79 Å². The Balaban J connectivity index is 4.09. The summed E-state index contributed by atoms with van der Waals surface area (Å²) in [6, 6.07) is 0.0723. The largest absolute Gasteiger partial charge is 0.380 e. The number of hydrogen-bond acceptors (Lipinski definition) is 2. The van der Waals surface area contributed by atoms with Crippen LogP contribution in [0.4, 0.5) is 0 Å². The average Bonchev–Trinajstić information content (AvgIpc) is 2.22. The van der Waals surface area contributed by atoms with E-state index in [2.05, 4.69) is 19.2 Å². The number of carbonyl (C=O) groups excluding carboxylic acids is 1. The number of alkyl halides is 1. The summed E-state index contributed by atoms with van der Waals surface area (Å²) in [5.74, 6) is 0.576. The average molecular weight is 236 g/mol. The summed E-state index contributed by atoms with van der Waals surface area (Å²) in [5.41, 5.74) is 0. The van der Waals surface area contributed by atoms with Gasteiger partial charge >= 0.3 is 0 Å². The lowest BCUT2D eigenvalue weighted by molar-refractivity contribution is -0.125. The molecular formula is C11H22ClNO2. The molecule has 0 rings (SSSR count). The van der Waals surface area contributed by atoms with Gasteiger partial charge < -0.3 is 10.1 Å². The van der Waals surface area contributed by atoms with Crippen molar-refractivity contribution in [1.29, 1.82) is 0 Å². The van der Waals surface area contributed by atoms with Crippen LogP contribution in [0.3, 0.4) is 0 Å². The second kappa shape index (κ2) is 7.94. The Bertz CT molecular complexity index is 185. The first-order valence-electron chi connectivity index (χ1n) is 5.47. The van der Waals surface area contributed by atoms with E-state index in [0.717, 1.165) is 0 Å². The second-order valence-corrected chi connectivity index (χ2v) is 4.38. The van der Waals surface area contributed by atoms with Crippen LogP contribution < -0.4 is 5.32 Å². The molecule has 0 heterocycles. The molecule has 2 unspecified atom stereocenters. The maximum absolute atomic E-state index is 11.6. The Hall–Kier alpha value is -0.280. The Labute approximate surface area is 97.5 Å². The lowest BCUT2D eigenvalue weighted by Gasteiger charge is -2.23. The van der Waals surface area contributed by atoms with Crippen molar-refractivity contribution in [2.24, 2.45) is 11.8 Å². The molecule has 0 aliphatic rings. The zero-order valence-corrected chi connectivity index (χ0v) is 10.8. The molecule has 2 atom stereocenters. The van der Waals surface area contributed by atoms with Crippen LogP contribution in [0.5, 0.6) is 0 Å². The monoisotopic (exact) mass is 235 g/mol. The highest BCUT2D eigenvalue weighted by atomic mass is 35.5. The van der Waals surface area contributed by atoms with Gasteiger partial charge in [-0.15, -0.1) is 11.6 Å². The smallest absolute Gasteiger partial charge is 0.224 e. The van der Waals surface area contributed by atoms with Crippen LogP contribution >= 0.6 is 11.6 Å². The standard InChI is InChI=1S/C11H22ClNO2/c1-5-15-7-10(8(2)3)13-11(14)9(4)6-12/h8-10H,5-7H2,1-4H3,(H,13,14). The lowest BCUT2D eigenvalue weighted by atomic mass is 10.0. The molecule has 0 radical (unpaired) electrons. The number of halogens is 1. The number of ether oxygens (including phenoxy) is 1. The Morgan fingerprint density at radius 3 is 2.40 bits per heavy atom. The van der Waals surface area contributed by atoms with Crippen molar-refractivity contribution in [1.82, 2.24) is 5.32 Å². The van der Waals surface area contributed by atoms with Gasteiger partial charge in [-0.25, -0.2) is 0 Å². The van der Waals surface area contributed by atoms with Gasteiger partial charge in [0.15, 0.2) is 0 Å². The molecule has 3 nitrogen and oxygen atoms in total. The zero-order valence-electron chi connectivity index (χ0n) is 10.0. The van der Waals surface area contributed by atoms with Crippen molar-refractivity contribution >= 4 is 17.5 Å². The first-order valence-corrected chi connectivity index (χ1v) is 6.00. The van der Waals surface area contributed by atoms with E-state index in [1.165, 1.54) is 0 Å². The predicted molar refractivity (Wildman–Crippen MR) is 63.1 cm³/mol. The van der Waals surface area contributed by atoms with E-state index in [1.54, 1.807) is 0 Å². The number of carbonyl (C=O) groups is 1. The fourth-order valence-electron chi connectivity index (χ4n) is 1.04. The molecule has 0 aliphatic heterocycles. The molecule has 0 aromatic carbocycles. The molecule has 90 valence electrons. The van der Waals surface area contributed by atoms with Gasteiger partial charge in [0.05, 0.1) is 12.6 Å². The van der Waals surface area contributed by atoms with Crippen LogP contribution in [0.2, 0.25) is 0 Å². The first-order chi connectivity index (χ1) is 7.02. The summed E-state index contributed by atoms with van der Waals surface area (Å²) in [5, 5.41) is 2.95. The second-order valence-electron chi connectivity index (χ2n) is 4.07. The van der Waals surface area contributed by atoms with Crippen LogP contribution in [0.25, 0.3) is 0 Å². The van der Waals surface area contributed by atoms with E-state index < -0.39 is 0 Å². The van der Waals surface area contributed by atoms with Crippen LogP contribution in [0, 0.1) is 11.8 Å². The van der Waals surface area contributed by atoms with Crippen LogP contribution in [0.1, 0.15) is 27.7 Å². The van der Waals surface area contributed by atoms with Gasteiger partial charge in [-0.05, 0) is 12.8 Å². The van der Waals surface area contributed by atoms with Crippen LogP contribution in [0.15, 0.2) is 0 Å². The molecule has 0 bridgehead atoms. The van der Waals surface area contributed by atoms with Gasteiger partial charge in [-0.3, -0.25) is 4.79 Å². The van der Waals surface area contributed by atoms with Crippen molar-refractivity contribution in [3.05, 3.63) is 0 Å². The van der Waals surface area contributed by atoms with Crippen LogP contribution in [-0.2, 0) is 9.53 Å². The quantitative estimate of drug-likeness (QED) is 0.686. The summed E-state index contributed by atoms with van der Waals surface area (Å²) < 4.78 is 5.32. The van der Waals surface area contributed by atoms with E-state index in [4.69, 9.17) is 16.3 Å². The SMILES string of the molecule is CCOCC(NC(=O)C(C)CCl)C(C)C. The third-order valence-corrected chi connectivity index (χ3v) is 2.78. The van der Waals surface area contributed by atoms with Gasteiger partial charge in [0.1, 0.15) is 0 Å². The molecule has 0 spiro atoms. The summed E-state index contributed by atoms with van der Waals surface area (Å²) >= 11 is 5.62. The highest BCUT2D eigenvalue weighted by Crippen LogP contribution is 2.05. The number of hydrogen-bond donors (Lipinski definition) is 1. The Kier molecular flexibility index (Phi) is 7.79. The van der Waals surface area contributed by atoms with E-state index >= 15 is 0 Å². The fraction of sp³-hybridized carbons (Fsp3) is 0.909. The highest BCUT2D eigenvalue weighted by molar-refractivity contribution is 6.19. The molecule has 0 aromatic heterocycles. The van der Waals surface area contributed by atoms with Crippen molar-refractivity contribution in [3.8, 4) is 0 Å². The predicted octanol–water partition coefficient (Wildman–Crippen LogP) is 2.04. The number of amides is 1. The topological polar surface area (TPSA) is 38.3 Å². The molecule has 0 saturated carbocycles. The van der Waals surface area contributed by atoms with Crippen molar-refractivity contribution in [2.75, 3.05) is 19.1 Å². The molecule has 0 aliphatic carbocycles. The fourth-order valence-corrected chi connectivity index (χ4v) is 1.18. The minimum absolute atomic E-state index is 0.00315. The molecule has 0 aromatic rings. The molecule has 0 saturated heterocycles. The minimum atomic E-state index is -0.144. The Morgan fingerprint density at radius 2 is 2.00 bits per heavy atom. The number of nitrogens with one attached hydrogen (secondary N) is 1. The van der Waals surface area contributed by atoms with Gasteiger partial charge in [-0.2, -0.15) is 0 Å². The maximum Gasteiger partial charge on any atom is 0.224 e. The minimum Gasteiger partial charge on any atom is -0.380 e. The maximum atomic E-state index is 11.6. The Morgan fingerprint density at radius 1 is 1.40 bits per heavy atom. The van der Waals surface area contributed by atoms with Gasteiger partial charge in [-0.1, -0.05) is 20.8 Å². The summed E-state index contributed by atoms with van der Waals surface area (Å²) in [4.78, 5) is 11.6. The molecular weight excluding hydrogens is 214 g/mol. The summed E-state index contributed by atoms with van der Waals surface area (Å²) in [6.07, 6.45) is 0. The van der Waals surface area contributed by atoms with Gasteiger partial charge in [0.25, 0.3) is 0 Å². The first kappa shape index (κ1) is 14.7. The van der Waals surface area contributed by atoms with Crippen LogP contribution in [-0.4, -0.2) is 31.0 Å². The van der Waals surface area contributed by atoms with Crippen molar-refractivity contribution in [3.63, 3.8) is 0 Å². The van der Waals surface area contributed by atoms with E-state index in [-0.39, 0.29) is 17.9 Å². The molecule has 1 N–H and O–H groups in total.